The summed E-state index contributed by atoms with van der Waals surface area (Å²) in [5.74, 6) is 0.840. The highest BCUT2D eigenvalue weighted by molar-refractivity contribution is 5.14. The van der Waals surface area contributed by atoms with E-state index in [2.05, 4.69) is 35.2 Å². The van der Waals surface area contributed by atoms with Gasteiger partial charge in [-0.05, 0) is 30.9 Å². The van der Waals surface area contributed by atoms with Gasteiger partial charge in [0.2, 0.25) is 0 Å². The predicted octanol–water partition coefficient (Wildman–Crippen LogP) is 2.30. The Hall–Kier alpha value is -0.860. The molecule has 2 unspecified atom stereocenters. The van der Waals surface area contributed by atoms with Crippen LogP contribution in [0.15, 0.2) is 30.3 Å². The van der Waals surface area contributed by atoms with Crippen LogP contribution in [0.4, 0.5) is 0 Å². The van der Waals surface area contributed by atoms with E-state index in [-0.39, 0.29) is 0 Å². The first-order valence-electron chi connectivity index (χ1n) is 6.30. The Morgan fingerprint density at radius 3 is 2.94 bits per heavy atom. The van der Waals surface area contributed by atoms with Crippen molar-refractivity contribution in [2.45, 2.75) is 25.5 Å². The van der Waals surface area contributed by atoms with E-state index in [4.69, 9.17) is 4.74 Å². The maximum absolute atomic E-state index is 5.78. The Morgan fingerprint density at radius 1 is 1.19 bits per heavy atom. The highest BCUT2D eigenvalue weighted by atomic mass is 16.5. The molecule has 1 aromatic carbocycles. The van der Waals surface area contributed by atoms with Crippen LogP contribution in [0.3, 0.4) is 0 Å². The molecule has 2 nitrogen and oxygen atoms in total. The Balaban J connectivity index is 1.60. The number of ether oxygens (including phenoxy) is 1. The predicted molar refractivity (Wildman–Crippen MR) is 64.2 cm³/mol. The number of likely N-dealkylation sites (tertiary alicyclic amines) is 1. The lowest BCUT2D eigenvalue weighted by Crippen LogP contribution is -2.41. The van der Waals surface area contributed by atoms with E-state index in [0.717, 1.165) is 25.6 Å². The monoisotopic (exact) mass is 217 g/mol. The third kappa shape index (κ3) is 2.13. The van der Waals surface area contributed by atoms with E-state index in [1.165, 1.54) is 24.9 Å². The van der Waals surface area contributed by atoms with Crippen molar-refractivity contribution < 1.29 is 4.74 Å². The Labute approximate surface area is 97.2 Å². The van der Waals surface area contributed by atoms with Crippen LogP contribution in [0.1, 0.15) is 18.4 Å². The highest BCUT2D eigenvalue weighted by Gasteiger charge is 2.33. The van der Waals surface area contributed by atoms with Crippen molar-refractivity contribution in [3.8, 4) is 0 Å². The first-order valence-corrected chi connectivity index (χ1v) is 6.30. The molecule has 2 heteroatoms. The quantitative estimate of drug-likeness (QED) is 0.753. The molecule has 2 fully saturated rings. The minimum absolute atomic E-state index is 0.512. The number of benzene rings is 1. The Morgan fingerprint density at radius 2 is 2.06 bits per heavy atom. The number of hydrogen-bond acceptors (Lipinski definition) is 2. The van der Waals surface area contributed by atoms with Gasteiger partial charge >= 0.3 is 0 Å². The third-order valence-electron chi connectivity index (χ3n) is 3.85. The van der Waals surface area contributed by atoms with Crippen molar-refractivity contribution in [2.24, 2.45) is 5.92 Å². The molecule has 0 radical (unpaired) electrons. The van der Waals surface area contributed by atoms with Gasteiger partial charge in [-0.1, -0.05) is 30.3 Å². The topological polar surface area (TPSA) is 12.5 Å². The minimum atomic E-state index is 0.512. The van der Waals surface area contributed by atoms with Crippen LogP contribution in [-0.2, 0) is 11.3 Å². The van der Waals surface area contributed by atoms with Gasteiger partial charge in [0.15, 0.2) is 0 Å². The summed E-state index contributed by atoms with van der Waals surface area (Å²) in [7, 11) is 0. The van der Waals surface area contributed by atoms with Gasteiger partial charge in [-0.15, -0.1) is 0 Å². The van der Waals surface area contributed by atoms with Crippen molar-refractivity contribution in [2.75, 3.05) is 19.7 Å². The van der Waals surface area contributed by atoms with Gasteiger partial charge in [-0.3, -0.25) is 4.90 Å². The summed E-state index contributed by atoms with van der Waals surface area (Å²) in [6, 6.07) is 10.7. The molecule has 0 spiro atoms. The van der Waals surface area contributed by atoms with E-state index >= 15 is 0 Å². The average Bonchev–Trinajstić information content (AvgIpc) is 2.77. The summed E-state index contributed by atoms with van der Waals surface area (Å²) in [6.45, 7) is 4.42. The molecular weight excluding hydrogens is 198 g/mol. The van der Waals surface area contributed by atoms with Crippen LogP contribution in [0.2, 0.25) is 0 Å². The Kier molecular flexibility index (Phi) is 2.94. The zero-order chi connectivity index (χ0) is 10.8. The fraction of sp³-hybridized carbons (Fsp3) is 0.571. The van der Waals surface area contributed by atoms with Crippen LogP contribution in [0.25, 0.3) is 0 Å². The van der Waals surface area contributed by atoms with E-state index in [9.17, 15) is 0 Å². The molecule has 3 rings (SSSR count). The molecule has 0 saturated carbocycles. The van der Waals surface area contributed by atoms with Crippen molar-refractivity contribution in [3.63, 3.8) is 0 Å². The number of hydrogen-bond donors (Lipinski definition) is 0. The van der Waals surface area contributed by atoms with Gasteiger partial charge in [-0.25, -0.2) is 0 Å². The van der Waals surface area contributed by atoms with Crippen LogP contribution in [0, 0.1) is 5.92 Å². The van der Waals surface area contributed by atoms with Crippen molar-refractivity contribution >= 4 is 0 Å². The number of piperidine rings is 1. The van der Waals surface area contributed by atoms with Gasteiger partial charge in [0, 0.05) is 19.7 Å². The molecular formula is C14H19NO. The molecule has 0 aromatic heterocycles. The third-order valence-corrected chi connectivity index (χ3v) is 3.85. The summed E-state index contributed by atoms with van der Waals surface area (Å²) in [5.41, 5.74) is 1.42. The van der Waals surface area contributed by atoms with E-state index < -0.39 is 0 Å². The van der Waals surface area contributed by atoms with Crippen LogP contribution in [-0.4, -0.2) is 30.7 Å². The first-order chi connectivity index (χ1) is 7.92. The molecule has 2 saturated heterocycles. The first kappa shape index (κ1) is 10.3. The molecule has 2 heterocycles. The number of nitrogens with zero attached hydrogens (tertiary/aromatic N) is 1. The van der Waals surface area contributed by atoms with Gasteiger partial charge in [0.05, 0.1) is 6.10 Å². The van der Waals surface area contributed by atoms with E-state index in [1.807, 2.05) is 0 Å². The second-order valence-electron chi connectivity index (χ2n) is 4.97. The summed E-state index contributed by atoms with van der Waals surface area (Å²) >= 11 is 0. The molecule has 0 bridgehead atoms. The van der Waals surface area contributed by atoms with Crippen molar-refractivity contribution in [1.82, 2.24) is 4.90 Å². The van der Waals surface area contributed by atoms with E-state index in [0.29, 0.717) is 6.10 Å². The second-order valence-corrected chi connectivity index (χ2v) is 4.97. The lowest BCUT2D eigenvalue weighted by molar-refractivity contribution is 0.0236. The molecule has 2 aliphatic heterocycles. The smallest absolute Gasteiger partial charge is 0.0731 e. The molecule has 2 aliphatic rings. The number of rotatable bonds is 2. The number of fused-ring (bicyclic) bond motifs is 1. The largest absolute Gasteiger partial charge is 0.377 e. The maximum atomic E-state index is 5.78. The normalized spacial score (nSPS) is 30.2. The summed E-state index contributed by atoms with van der Waals surface area (Å²) in [4.78, 5) is 2.53. The van der Waals surface area contributed by atoms with E-state index in [1.54, 1.807) is 0 Å². The minimum Gasteiger partial charge on any atom is -0.377 e. The summed E-state index contributed by atoms with van der Waals surface area (Å²) < 4.78 is 5.78. The van der Waals surface area contributed by atoms with Crippen LogP contribution in [0.5, 0.6) is 0 Å². The Bertz CT molecular complexity index is 338. The lowest BCUT2D eigenvalue weighted by atomic mass is 9.93. The van der Waals surface area contributed by atoms with Gasteiger partial charge in [0.1, 0.15) is 0 Å². The van der Waals surface area contributed by atoms with Crippen molar-refractivity contribution in [1.29, 1.82) is 0 Å². The zero-order valence-electron chi connectivity index (χ0n) is 9.64. The van der Waals surface area contributed by atoms with Crippen LogP contribution < -0.4 is 0 Å². The zero-order valence-corrected chi connectivity index (χ0v) is 9.64. The average molecular weight is 217 g/mol. The molecule has 0 aliphatic carbocycles. The van der Waals surface area contributed by atoms with Gasteiger partial charge < -0.3 is 4.74 Å². The molecule has 0 amide bonds. The molecule has 0 N–H and O–H groups in total. The molecule has 86 valence electrons. The molecule has 1 aromatic rings. The van der Waals surface area contributed by atoms with Gasteiger partial charge in [0.25, 0.3) is 0 Å². The van der Waals surface area contributed by atoms with Crippen molar-refractivity contribution in [3.05, 3.63) is 35.9 Å². The summed E-state index contributed by atoms with van der Waals surface area (Å²) in [5, 5.41) is 0. The molecule has 2 atom stereocenters. The van der Waals surface area contributed by atoms with Gasteiger partial charge in [-0.2, -0.15) is 0 Å². The lowest BCUT2D eigenvalue weighted by Gasteiger charge is -2.34. The SMILES string of the molecule is c1ccc(CN2CCC3CCOC3C2)cc1. The molecule has 16 heavy (non-hydrogen) atoms. The fourth-order valence-electron chi connectivity index (χ4n) is 2.90. The second kappa shape index (κ2) is 4.56. The fourth-order valence-corrected chi connectivity index (χ4v) is 2.90. The van der Waals surface area contributed by atoms with Crippen LogP contribution >= 0.6 is 0 Å². The standard InChI is InChI=1S/C14H19NO/c1-2-4-12(5-3-1)10-15-8-6-13-7-9-16-14(13)11-15/h1-5,13-14H,6-11H2. The summed E-state index contributed by atoms with van der Waals surface area (Å²) in [6.07, 6.45) is 3.11. The highest BCUT2D eigenvalue weighted by Crippen LogP contribution is 2.29. The maximum Gasteiger partial charge on any atom is 0.0731 e.